The third kappa shape index (κ3) is 3.50. The van der Waals surface area contributed by atoms with E-state index in [2.05, 4.69) is 47.6 Å². The molecule has 1 aromatic carbocycles. The topological polar surface area (TPSA) is 54.9 Å². The quantitative estimate of drug-likeness (QED) is 0.609. The number of anilines is 2. The fraction of sp³-hybridized carbons (Fsp3) is 0.591. The Labute approximate surface area is 174 Å². The number of benzene rings is 1. The van der Waals surface area contributed by atoms with Gasteiger partial charge in [0.05, 0.1) is 5.75 Å². The van der Waals surface area contributed by atoms with Crippen molar-refractivity contribution in [3.05, 3.63) is 29.3 Å². The molecule has 0 radical (unpaired) electrons. The normalized spacial score (nSPS) is 30.6. The molecule has 1 aromatic heterocycles. The molecule has 4 aliphatic rings. The highest BCUT2D eigenvalue weighted by Crippen LogP contribution is 2.60. The van der Waals surface area contributed by atoms with Crippen molar-refractivity contribution in [2.45, 2.75) is 56.7 Å². The van der Waals surface area contributed by atoms with Crippen LogP contribution in [0.2, 0.25) is 0 Å². The average molecular weight is 414 g/mol. The molecule has 4 fully saturated rings. The van der Waals surface area contributed by atoms with Crippen molar-refractivity contribution < 1.29 is 4.79 Å². The number of carbonyl (C=O) groups excluding carboxylic acids is 1. The van der Waals surface area contributed by atoms with Gasteiger partial charge in [0.15, 0.2) is 4.34 Å². The number of nitrogens with one attached hydrogen (secondary N) is 1. The smallest absolute Gasteiger partial charge is 0.210 e. The molecule has 0 unspecified atom stereocenters. The van der Waals surface area contributed by atoms with Crippen LogP contribution in [0.4, 0.5) is 10.8 Å². The lowest BCUT2D eigenvalue weighted by molar-refractivity contribution is -0.141. The van der Waals surface area contributed by atoms with Gasteiger partial charge >= 0.3 is 0 Å². The summed E-state index contributed by atoms with van der Waals surface area (Å²) in [5.74, 6) is 3.46. The monoisotopic (exact) mass is 413 g/mol. The van der Waals surface area contributed by atoms with Crippen molar-refractivity contribution in [1.29, 1.82) is 0 Å². The van der Waals surface area contributed by atoms with Gasteiger partial charge in [0.1, 0.15) is 5.78 Å². The van der Waals surface area contributed by atoms with Gasteiger partial charge in [-0.15, -0.1) is 10.2 Å². The first-order chi connectivity index (χ1) is 13.5. The van der Waals surface area contributed by atoms with E-state index in [1.165, 1.54) is 41.7 Å². The largest absolute Gasteiger partial charge is 0.330 e. The molecule has 28 heavy (non-hydrogen) atoms. The van der Waals surface area contributed by atoms with Gasteiger partial charge in [0, 0.05) is 11.1 Å². The second-order valence-electron chi connectivity index (χ2n) is 9.23. The van der Waals surface area contributed by atoms with Crippen LogP contribution < -0.4 is 5.32 Å². The number of carbonyl (C=O) groups is 1. The van der Waals surface area contributed by atoms with Gasteiger partial charge in [-0.05, 0) is 81.8 Å². The van der Waals surface area contributed by atoms with Crippen LogP contribution >= 0.6 is 23.1 Å². The molecule has 4 nitrogen and oxygen atoms in total. The van der Waals surface area contributed by atoms with E-state index in [1.54, 1.807) is 11.8 Å². The fourth-order valence-electron chi connectivity index (χ4n) is 6.12. The van der Waals surface area contributed by atoms with E-state index in [0.717, 1.165) is 52.2 Å². The molecule has 4 aliphatic carbocycles. The van der Waals surface area contributed by atoms with Crippen LogP contribution in [0, 0.1) is 37.0 Å². The molecule has 1 N–H and O–H groups in total. The maximum Gasteiger partial charge on any atom is 0.210 e. The zero-order valence-electron chi connectivity index (χ0n) is 16.5. The molecule has 6 rings (SSSR count). The lowest BCUT2D eigenvalue weighted by atomic mass is 9.48. The van der Waals surface area contributed by atoms with Gasteiger partial charge in [-0.25, -0.2) is 0 Å². The fourth-order valence-corrected chi connectivity index (χ4v) is 7.92. The summed E-state index contributed by atoms with van der Waals surface area (Å²) in [4.78, 5) is 13.2. The first-order valence-electron chi connectivity index (χ1n) is 10.3. The van der Waals surface area contributed by atoms with E-state index in [-0.39, 0.29) is 5.41 Å². The van der Waals surface area contributed by atoms with Crippen LogP contribution in [0.5, 0.6) is 0 Å². The molecule has 0 atom stereocenters. The molecule has 148 valence electrons. The summed E-state index contributed by atoms with van der Waals surface area (Å²) in [7, 11) is 0. The van der Waals surface area contributed by atoms with Crippen molar-refractivity contribution >= 4 is 39.7 Å². The van der Waals surface area contributed by atoms with Gasteiger partial charge in [-0.3, -0.25) is 4.79 Å². The molecule has 2 aromatic rings. The molecule has 4 bridgehead atoms. The Bertz CT molecular complexity index is 872. The van der Waals surface area contributed by atoms with Gasteiger partial charge in [0.2, 0.25) is 5.13 Å². The van der Waals surface area contributed by atoms with Crippen LogP contribution in [0.1, 0.15) is 49.7 Å². The van der Waals surface area contributed by atoms with Crippen molar-refractivity contribution in [1.82, 2.24) is 10.2 Å². The highest BCUT2D eigenvalue weighted by molar-refractivity contribution is 8.01. The summed E-state index contributed by atoms with van der Waals surface area (Å²) in [6.45, 7) is 4.19. The zero-order valence-corrected chi connectivity index (χ0v) is 18.2. The van der Waals surface area contributed by atoms with Gasteiger partial charge in [-0.1, -0.05) is 40.8 Å². The van der Waals surface area contributed by atoms with Crippen LogP contribution in [-0.2, 0) is 4.79 Å². The first kappa shape index (κ1) is 18.6. The number of aromatic nitrogens is 2. The van der Waals surface area contributed by atoms with Crippen LogP contribution in [0.3, 0.4) is 0 Å². The second kappa shape index (κ2) is 7.13. The Balaban J connectivity index is 1.21. The number of nitrogens with zero attached hydrogens (tertiary/aromatic N) is 2. The number of aryl methyl sites for hydroxylation is 2. The molecule has 0 amide bonds. The standard InChI is InChI=1S/C22H27N3OS2/c1-13-3-4-18(14(2)5-13)23-20-24-25-21(28-20)27-12-19(26)22-9-15-6-16(10-22)8-17(7-15)11-22/h3-5,15-17H,6-12H2,1-2H3,(H,23,24). The van der Waals surface area contributed by atoms with Crippen LogP contribution in [0.25, 0.3) is 0 Å². The van der Waals surface area contributed by atoms with Gasteiger partial charge < -0.3 is 5.32 Å². The Hall–Kier alpha value is -1.40. The predicted octanol–water partition coefficient (Wildman–Crippen LogP) is 5.78. The molecule has 0 spiro atoms. The van der Waals surface area contributed by atoms with Crippen molar-refractivity contribution in [3.8, 4) is 0 Å². The zero-order chi connectivity index (χ0) is 19.3. The van der Waals surface area contributed by atoms with E-state index in [9.17, 15) is 4.79 Å². The van der Waals surface area contributed by atoms with Crippen molar-refractivity contribution in [3.63, 3.8) is 0 Å². The highest BCUT2D eigenvalue weighted by Gasteiger charge is 2.54. The van der Waals surface area contributed by atoms with E-state index >= 15 is 0 Å². The number of rotatable bonds is 6. The van der Waals surface area contributed by atoms with Gasteiger partial charge in [0.25, 0.3) is 0 Å². The minimum Gasteiger partial charge on any atom is -0.330 e. The lowest BCUT2D eigenvalue weighted by Crippen LogP contribution is -2.50. The number of hydrogen-bond donors (Lipinski definition) is 1. The molecule has 0 saturated heterocycles. The Morgan fingerprint density at radius 3 is 2.46 bits per heavy atom. The predicted molar refractivity (Wildman–Crippen MR) is 115 cm³/mol. The molecular weight excluding hydrogens is 386 g/mol. The maximum absolute atomic E-state index is 13.2. The lowest BCUT2D eigenvalue weighted by Gasteiger charge is -2.56. The van der Waals surface area contributed by atoms with E-state index in [4.69, 9.17) is 0 Å². The Morgan fingerprint density at radius 2 is 1.82 bits per heavy atom. The number of thioether (sulfide) groups is 1. The SMILES string of the molecule is Cc1ccc(Nc2nnc(SCC(=O)C34CC5CC(CC(C5)C3)C4)s2)c(C)c1. The van der Waals surface area contributed by atoms with Crippen LogP contribution in [0.15, 0.2) is 22.5 Å². The van der Waals surface area contributed by atoms with E-state index in [0.29, 0.717) is 11.5 Å². The van der Waals surface area contributed by atoms with Gasteiger partial charge in [-0.2, -0.15) is 0 Å². The Morgan fingerprint density at radius 1 is 1.14 bits per heavy atom. The highest BCUT2D eigenvalue weighted by atomic mass is 32.2. The number of hydrogen-bond acceptors (Lipinski definition) is 6. The Kier molecular flexibility index (Phi) is 4.74. The minimum atomic E-state index is -0.00741. The van der Waals surface area contributed by atoms with E-state index < -0.39 is 0 Å². The summed E-state index contributed by atoms with van der Waals surface area (Å²) < 4.78 is 0.880. The van der Waals surface area contributed by atoms with Crippen molar-refractivity contribution in [2.24, 2.45) is 23.2 Å². The number of Topliss-reactive ketones (excluding diaryl/α,β-unsaturated/α-hetero) is 1. The molecule has 1 heterocycles. The third-order valence-corrected chi connectivity index (χ3v) is 8.96. The first-order valence-corrected chi connectivity index (χ1v) is 12.1. The summed E-state index contributed by atoms with van der Waals surface area (Å²) in [6, 6.07) is 6.33. The summed E-state index contributed by atoms with van der Waals surface area (Å²) >= 11 is 3.11. The molecule has 4 saturated carbocycles. The van der Waals surface area contributed by atoms with Crippen LogP contribution in [-0.4, -0.2) is 21.7 Å². The second-order valence-corrected chi connectivity index (χ2v) is 11.4. The summed E-state index contributed by atoms with van der Waals surface area (Å²) in [6.07, 6.45) is 7.58. The average Bonchev–Trinajstić information content (AvgIpc) is 3.08. The maximum atomic E-state index is 13.2. The third-order valence-electron chi connectivity index (χ3n) is 6.99. The van der Waals surface area contributed by atoms with E-state index in [1.807, 2.05) is 0 Å². The summed E-state index contributed by atoms with van der Waals surface area (Å²) in [5.41, 5.74) is 3.50. The molecular formula is C22H27N3OS2. The van der Waals surface area contributed by atoms with Crippen molar-refractivity contribution in [2.75, 3.05) is 11.1 Å². The summed E-state index contributed by atoms with van der Waals surface area (Å²) in [5, 5.41) is 12.7. The number of ketones is 1. The molecule has 6 heteroatoms. The molecule has 0 aliphatic heterocycles. The minimum absolute atomic E-state index is 0.00741.